The van der Waals surface area contributed by atoms with Crippen molar-refractivity contribution in [2.75, 3.05) is 0 Å². The van der Waals surface area contributed by atoms with E-state index in [4.69, 9.17) is 10.7 Å². The summed E-state index contributed by atoms with van der Waals surface area (Å²) >= 11 is 0. The Bertz CT molecular complexity index is 666. The first-order valence-corrected chi connectivity index (χ1v) is 8.96. The summed E-state index contributed by atoms with van der Waals surface area (Å²) in [6.45, 7) is 4.70. The fraction of sp³-hybridized carbons (Fsp3) is 0.600. The van der Waals surface area contributed by atoms with E-state index in [0.717, 1.165) is 18.3 Å². The summed E-state index contributed by atoms with van der Waals surface area (Å²) in [4.78, 5) is 4.87. The molecule has 0 bridgehead atoms. The maximum absolute atomic E-state index is 10.0. The summed E-state index contributed by atoms with van der Waals surface area (Å²) in [5.74, 6) is 8.07. The predicted molar refractivity (Wildman–Crippen MR) is 91.3 cm³/mol. The normalized spacial score (nSPS) is 37.2. The Balaban J connectivity index is 1.73. The van der Waals surface area contributed by atoms with Crippen molar-refractivity contribution in [2.24, 2.45) is 23.1 Å². The summed E-state index contributed by atoms with van der Waals surface area (Å²) in [6, 6.07) is 3.86. The van der Waals surface area contributed by atoms with Gasteiger partial charge in [0.05, 0.1) is 0 Å². The highest BCUT2D eigenvalue weighted by atomic mass is 16.6. The van der Waals surface area contributed by atoms with Gasteiger partial charge in [0.1, 0.15) is 0 Å². The number of rotatable bonds is 1. The number of hydrogen-bond acceptors (Lipinski definition) is 3. The van der Waals surface area contributed by atoms with E-state index in [1.54, 1.807) is 5.57 Å². The van der Waals surface area contributed by atoms with Crippen molar-refractivity contribution >= 4 is 0 Å². The third-order valence-corrected chi connectivity index (χ3v) is 7.13. The van der Waals surface area contributed by atoms with Crippen molar-refractivity contribution < 1.29 is 9.94 Å². The smallest absolute Gasteiger partial charge is 0.188 e. The molecule has 124 valence electrons. The molecule has 2 saturated carbocycles. The Morgan fingerprint density at radius 3 is 2.83 bits per heavy atom. The molecular formula is C20H27NO2. The third kappa shape index (κ3) is 2.06. The highest BCUT2D eigenvalue weighted by Crippen LogP contribution is 2.63. The van der Waals surface area contributed by atoms with Gasteiger partial charge in [-0.25, -0.2) is 0 Å². The Labute approximate surface area is 138 Å². The van der Waals surface area contributed by atoms with E-state index in [-0.39, 0.29) is 5.75 Å². The lowest BCUT2D eigenvalue weighted by Gasteiger charge is -2.49. The van der Waals surface area contributed by atoms with Crippen LogP contribution < -0.4 is 10.7 Å². The second kappa shape index (κ2) is 5.27. The van der Waals surface area contributed by atoms with Gasteiger partial charge in [-0.3, -0.25) is 0 Å². The van der Waals surface area contributed by atoms with E-state index >= 15 is 0 Å². The van der Waals surface area contributed by atoms with Gasteiger partial charge in [-0.05, 0) is 91.9 Å². The van der Waals surface area contributed by atoms with E-state index < -0.39 is 0 Å². The van der Waals surface area contributed by atoms with Crippen LogP contribution in [0.5, 0.6) is 11.5 Å². The van der Waals surface area contributed by atoms with Gasteiger partial charge in [-0.2, -0.15) is 5.90 Å². The fourth-order valence-electron chi connectivity index (χ4n) is 6.00. The summed E-state index contributed by atoms with van der Waals surface area (Å²) < 4.78 is 0. The van der Waals surface area contributed by atoms with Crippen molar-refractivity contribution in [1.82, 2.24) is 0 Å². The number of aromatic hydroxyl groups is 1. The zero-order valence-corrected chi connectivity index (χ0v) is 14.1. The standard InChI is InChI=1S/C20H27NO2/c1-3-13-5-7-17-15-6-4-12-10-18(22)19(23-21)11-16(12)14(15)8-9-20(13,17)2/h3,10-11,14-15,17,22H,4-9,21H2,1-2H3/b13-3-. The molecule has 4 unspecified atom stereocenters. The second-order valence-electron chi connectivity index (χ2n) is 7.86. The van der Waals surface area contributed by atoms with E-state index in [1.807, 2.05) is 12.1 Å². The molecule has 23 heavy (non-hydrogen) atoms. The zero-order chi connectivity index (χ0) is 16.2. The number of phenolic OH excluding ortho intramolecular Hbond substituents is 1. The molecule has 3 aliphatic carbocycles. The Morgan fingerprint density at radius 1 is 1.26 bits per heavy atom. The van der Waals surface area contributed by atoms with Crippen LogP contribution in [0.15, 0.2) is 23.8 Å². The average molecular weight is 313 g/mol. The molecule has 0 heterocycles. The average Bonchev–Trinajstić information content (AvgIpc) is 2.90. The van der Waals surface area contributed by atoms with Crippen molar-refractivity contribution in [3.05, 3.63) is 34.9 Å². The topological polar surface area (TPSA) is 55.5 Å². The monoisotopic (exact) mass is 313 g/mol. The third-order valence-electron chi connectivity index (χ3n) is 7.13. The van der Waals surface area contributed by atoms with Crippen molar-refractivity contribution in [1.29, 1.82) is 0 Å². The molecule has 0 radical (unpaired) electrons. The molecule has 0 aromatic heterocycles. The number of phenols is 1. The molecule has 0 aliphatic heterocycles. The number of allylic oxidation sites excluding steroid dienone is 2. The minimum absolute atomic E-state index is 0.169. The first-order chi connectivity index (χ1) is 11.1. The molecular weight excluding hydrogens is 286 g/mol. The van der Waals surface area contributed by atoms with E-state index in [0.29, 0.717) is 17.1 Å². The maximum Gasteiger partial charge on any atom is 0.188 e. The SMILES string of the molecule is C/C=C1/CCC2C3CCc4cc(O)c(ON)cc4C3CCC12C. The largest absolute Gasteiger partial charge is 0.504 e. The number of hydrogen-bond donors (Lipinski definition) is 2. The maximum atomic E-state index is 10.0. The quantitative estimate of drug-likeness (QED) is 0.595. The van der Waals surface area contributed by atoms with Crippen molar-refractivity contribution in [2.45, 2.75) is 58.3 Å². The molecule has 3 N–H and O–H groups in total. The summed E-state index contributed by atoms with van der Waals surface area (Å²) in [7, 11) is 0. The summed E-state index contributed by atoms with van der Waals surface area (Å²) in [5.41, 5.74) is 4.76. The van der Waals surface area contributed by atoms with Gasteiger partial charge in [0, 0.05) is 0 Å². The molecule has 0 saturated heterocycles. The van der Waals surface area contributed by atoms with Crippen molar-refractivity contribution in [3.63, 3.8) is 0 Å². The molecule has 3 aliphatic rings. The van der Waals surface area contributed by atoms with Gasteiger partial charge in [0.15, 0.2) is 11.5 Å². The molecule has 1 aromatic rings. The molecule has 0 amide bonds. The fourth-order valence-corrected chi connectivity index (χ4v) is 6.00. The van der Waals surface area contributed by atoms with Crippen LogP contribution in [0.3, 0.4) is 0 Å². The summed E-state index contributed by atoms with van der Waals surface area (Å²) in [5, 5.41) is 10.0. The van der Waals surface area contributed by atoms with Crippen LogP contribution in [0.1, 0.15) is 63.0 Å². The molecule has 4 atom stereocenters. The molecule has 1 aromatic carbocycles. The molecule has 0 spiro atoms. The van der Waals surface area contributed by atoms with Gasteiger partial charge >= 0.3 is 0 Å². The van der Waals surface area contributed by atoms with Crippen LogP contribution >= 0.6 is 0 Å². The van der Waals surface area contributed by atoms with E-state index in [2.05, 4.69) is 19.9 Å². The highest BCUT2D eigenvalue weighted by Gasteiger charge is 2.52. The van der Waals surface area contributed by atoms with Gasteiger partial charge in [0.25, 0.3) is 0 Å². The van der Waals surface area contributed by atoms with Crippen LogP contribution in [-0.2, 0) is 6.42 Å². The Hall–Kier alpha value is -1.48. The minimum atomic E-state index is 0.169. The number of nitrogens with two attached hydrogens (primary N) is 1. The molecule has 2 fully saturated rings. The Morgan fingerprint density at radius 2 is 2.09 bits per heavy atom. The molecule has 3 nitrogen and oxygen atoms in total. The Kier molecular flexibility index (Phi) is 3.45. The first kappa shape index (κ1) is 15.1. The molecule has 3 heteroatoms. The van der Waals surface area contributed by atoms with Gasteiger partial charge in [-0.1, -0.05) is 18.6 Å². The predicted octanol–water partition coefficient (Wildman–Crippen LogP) is 4.45. The number of fused-ring (bicyclic) bond motifs is 5. The highest BCUT2D eigenvalue weighted by molar-refractivity contribution is 5.49. The van der Waals surface area contributed by atoms with E-state index in [1.165, 1.54) is 43.2 Å². The van der Waals surface area contributed by atoms with E-state index in [9.17, 15) is 5.11 Å². The first-order valence-electron chi connectivity index (χ1n) is 8.96. The van der Waals surface area contributed by atoms with Crippen LogP contribution in [0, 0.1) is 17.3 Å². The number of benzene rings is 1. The second-order valence-corrected chi connectivity index (χ2v) is 7.86. The lowest BCUT2D eigenvalue weighted by atomic mass is 9.55. The van der Waals surface area contributed by atoms with Gasteiger partial charge < -0.3 is 9.94 Å². The van der Waals surface area contributed by atoms with Crippen LogP contribution in [-0.4, -0.2) is 5.11 Å². The molecule has 4 rings (SSSR count). The lowest BCUT2D eigenvalue weighted by molar-refractivity contribution is 0.0811. The zero-order valence-electron chi connectivity index (χ0n) is 14.1. The van der Waals surface area contributed by atoms with Crippen molar-refractivity contribution in [3.8, 4) is 11.5 Å². The minimum Gasteiger partial charge on any atom is -0.504 e. The van der Waals surface area contributed by atoms with Gasteiger partial charge in [-0.15, -0.1) is 0 Å². The van der Waals surface area contributed by atoms with Gasteiger partial charge in [0.2, 0.25) is 0 Å². The summed E-state index contributed by atoms with van der Waals surface area (Å²) in [6.07, 6.45) is 9.80. The van der Waals surface area contributed by atoms with Crippen LogP contribution in [0.25, 0.3) is 0 Å². The van der Waals surface area contributed by atoms with Crippen LogP contribution in [0.4, 0.5) is 0 Å². The number of aryl methyl sites for hydroxylation is 1. The van der Waals surface area contributed by atoms with Crippen LogP contribution in [0.2, 0.25) is 0 Å². The lowest BCUT2D eigenvalue weighted by Crippen LogP contribution is -2.40.